The van der Waals surface area contributed by atoms with E-state index in [1.165, 1.54) is 0 Å². The van der Waals surface area contributed by atoms with Crippen LogP contribution < -0.4 is 19.7 Å². The van der Waals surface area contributed by atoms with Crippen molar-refractivity contribution >= 4 is 27.5 Å². The van der Waals surface area contributed by atoms with Crippen molar-refractivity contribution in [3.05, 3.63) is 126 Å². The van der Waals surface area contributed by atoms with Crippen molar-refractivity contribution < 1.29 is 22.7 Å². The Morgan fingerprint density at radius 1 is 0.762 bits per heavy atom. The van der Waals surface area contributed by atoms with E-state index in [9.17, 15) is 18.0 Å². The summed E-state index contributed by atoms with van der Waals surface area (Å²) in [5.41, 5.74) is 3.45. The summed E-state index contributed by atoms with van der Waals surface area (Å²) in [6, 6.07) is 32.9. The van der Waals surface area contributed by atoms with Gasteiger partial charge < -0.3 is 15.0 Å². The zero-order valence-electron chi connectivity index (χ0n) is 23.1. The van der Waals surface area contributed by atoms with Crippen molar-refractivity contribution in [1.82, 2.24) is 10.0 Å². The highest BCUT2D eigenvalue weighted by atomic mass is 32.2. The number of fused-ring (bicyclic) bond motifs is 1. The molecule has 1 aliphatic heterocycles. The molecule has 0 aliphatic carbocycles. The Balaban J connectivity index is 1.17. The average Bonchev–Trinajstić information content (AvgIpc) is 3.03. The number of amides is 2. The quantitative estimate of drug-likeness (QED) is 0.275. The normalized spacial score (nSPS) is 14.5. The number of rotatable bonds is 11. The fourth-order valence-corrected chi connectivity index (χ4v) is 5.79. The van der Waals surface area contributed by atoms with Crippen LogP contribution in [0.1, 0.15) is 23.1 Å². The first-order chi connectivity index (χ1) is 20.4. The van der Waals surface area contributed by atoms with Gasteiger partial charge in [0, 0.05) is 19.5 Å². The fourth-order valence-electron chi connectivity index (χ4n) is 4.77. The molecule has 2 N–H and O–H groups in total. The minimum atomic E-state index is -3.67. The van der Waals surface area contributed by atoms with E-state index in [0.717, 1.165) is 16.7 Å². The molecule has 0 aromatic heterocycles. The third-order valence-electron chi connectivity index (χ3n) is 7.09. The van der Waals surface area contributed by atoms with E-state index >= 15 is 0 Å². The fraction of sp³-hybridized carbons (Fsp3) is 0.212. The first-order valence-electron chi connectivity index (χ1n) is 13.9. The zero-order valence-corrected chi connectivity index (χ0v) is 23.9. The summed E-state index contributed by atoms with van der Waals surface area (Å²) in [5.74, 6) is 0.0721. The van der Waals surface area contributed by atoms with Crippen LogP contribution in [0.2, 0.25) is 0 Å². The molecule has 9 heteroatoms. The SMILES string of the molecule is O=C(NCCc1ccccc1)C1CN(C(=O)CCc2ccc(S(=O)(=O)NCc3ccccc3)cc2)c2ccccc2O1. The first-order valence-corrected chi connectivity index (χ1v) is 15.4. The van der Waals surface area contributed by atoms with Crippen molar-refractivity contribution in [2.45, 2.75) is 36.8 Å². The standard InChI is InChI=1S/C33H33N3O5S/c37-32(20-17-26-15-18-28(19-16-26)42(39,40)35-23-27-11-5-2-6-12-27)36-24-31(41-30-14-8-7-13-29(30)36)33(38)34-22-21-25-9-3-1-4-10-25/h1-16,18-19,31,35H,17,20-24H2,(H,34,38). The highest BCUT2D eigenvalue weighted by Gasteiger charge is 2.33. The maximum absolute atomic E-state index is 13.4. The number of carbonyl (C=O) groups is 2. The predicted molar refractivity (Wildman–Crippen MR) is 162 cm³/mol. The van der Waals surface area contributed by atoms with Crippen LogP contribution >= 0.6 is 0 Å². The van der Waals surface area contributed by atoms with E-state index in [2.05, 4.69) is 10.0 Å². The maximum atomic E-state index is 13.4. The summed E-state index contributed by atoms with van der Waals surface area (Å²) < 4.78 is 34.0. The van der Waals surface area contributed by atoms with Crippen molar-refractivity contribution in [3.63, 3.8) is 0 Å². The van der Waals surface area contributed by atoms with Crippen molar-refractivity contribution in [2.75, 3.05) is 18.0 Å². The van der Waals surface area contributed by atoms with E-state index < -0.39 is 16.1 Å². The lowest BCUT2D eigenvalue weighted by molar-refractivity contribution is -0.128. The number of carbonyl (C=O) groups excluding carboxylic acids is 2. The van der Waals surface area contributed by atoms with Gasteiger partial charge in [-0.15, -0.1) is 0 Å². The lowest BCUT2D eigenvalue weighted by Gasteiger charge is -2.34. The summed E-state index contributed by atoms with van der Waals surface area (Å²) in [5, 5.41) is 2.93. The number of para-hydroxylation sites is 2. The highest BCUT2D eigenvalue weighted by molar-refractivity contribution is 7.89. The minimum absolute atomic E-state index is 0.108. The summed E-state index contributed by atoms with van der Waals surface area (Å²) in [4.78, 5) is 28.1. The van der Waals surface area contributed by atoms with Crippen LogP contribution in [0.15, 0.2) is 114 Å². The topological polar surface area (TPSA) is 105 Å². The monoisotopic (exact) mass is 583 g/mol. The number of hydrogen-bond donors (Lipinski definition) is 2. The number of sulfonamides is 1. The van der Waals surface area contributed by atoms with Crippen molar-refractivity contribution in [1.29, 1.82) is 0 Å². The number of benzene rings is 4. The van der Waals surface area contributed by atoms with E-state index in [1.54, 1.807) is 41.3 Å². The van der Waals surface area contributed by atoms with E-state index in [1.807, 2.05) is 72.8 Å². The molecule has 0 bridgehead atoms. The Morgan fingerprint density at radius 2 is 1.38 bits per heavy atom. The molecule has 4 aromatic carbocycles. The van der Waals surface area contributed by atoms with Crippen LogP contribution in [0.25, 0.3) is 0 Å². The number of nitrogens with zero attached hydrogens (tertiary/aromatic N) is 1. The van der Waals surface area contributed by atoms with E-state index in [0.29, 0.717) is 30.8 Å². The Labute approximate surface area is 246 Å². The van der Waals surface area contributed by atoms with Crippen LogP contribution in [-0.2, 0) is 39.0 Å². The van der Waals surface area contributed by atoms with Crippen LogP contribution in [-0.4, -0.2) is 39.4 Å². The molecule has 1 heterocycles. The van der Waals surface area contributed by atoms with Gasteiger partial charge in [-0.05, 0) is 53.8 Å². The van der Waals surface area contributed by atoms with Gasteiger partial charge >= 0.3 is 0 Å². The van der Waals surface area contributed by atoms with E-state index in [-0.39, 0.29) is 36.2 Å². The average molecular weight is 584 g/mol. The first kappa shape index (κ1) is 29.0. The Bertz CT molecular complexity index is 1610. The van der Waals surface area contributed by atoms with Gasteiger partial charge in [-0.3, -0.25) is 9.59 Å². The second-order valence-corrected chi connectivity index (χ2v) is 11.8. The second kappa shape index (κ2) is 13.5. The molecule has 0 fully saturated rings. The summed E-state index contributed by atoms with van der Waals surface area (Å²) in [6.45, 7) is 0.773. The molecule has 2 amide bonds. The third-order valence-corrected chi connectivity index (χ3v) is 8.51. The lowest BCUT2D eigenvalue weighted by Crippen LogP contribution is -2.51. The molecule has 0 saturated heterocycles. The molecule has 1 atom stereocenters. The van der Waals surface area contributed by atoms with Gasteiger partial charge in [0.25, 0.3) is 5.91 Å². The highest BCUT2D eigenvalue weighted by Crippen LogP contribution is 2.33. The lowest BCUT2D eigenvalue weighted by atomic mass is 10.1. The molecular weight excluding hydrogens is 550 g/mol. The van der Waals surface area contributed by atoms with Gasteiger partial charge in [-0.2, -0.15) is 0 Å². The van der Waals surface area contributed by atoms with Gasteiger partial charge in [0.1, 0.15) is 5.75 Å². The van der Waals surface area contributed by atoms with Crippen molar-refractivity contribution in [2.24, 2.45) is 0 Å². The molecule has 0 saturated carbocycles. The zero-order chi connectivity index (χ0) is 29.4. The molecule has 4 aromatic rings. The summed E-state index contributed by atoms with van der Waals surface area (Å²) in [6.07, 6.45) is 0.480. The van der Waals surface area contributed by atoms with E-state index in [4.69, 9.17) is 4.74 Å². The molecule has 5 rings (SSSR count). The Hall–Kier alpha value is -4.47. The molecule has 42 heavy (non-hydrogen) atoms. The molecule has 0 radical (unpaired) electrons. The van der Waals surface area contributed by atoms with Crippen LogP contribution in [0.4, 0.5) is 5.69 Å². The maximum Gasteiger partial charge on any atom is 0.262 e. The molecule has 0 spiro atoms. The van der Waals surface area contributed by atoms with Gasteiger partial charge in [-0.25, -0.2) is 13.1 Å². The summed E-state index contributed by atoms with van der Waals surface area (Å²) >= 11 is 0. The van der Waals surface area contributed by atoms with Crippen LogP contribution in [0.3, 0.4) is 0 Å². The van der Waals surface area contributed by atoms with Crippen molar-refractivity contribution in [3.8, 4) is 5.75 Å². The predicted octanol–water partition coefficient (Wildman–Crippen LogP) is 4.25. The summed E-state index contributed by atoms with van der Waals surface area (Å²) in [7, 11) is -3.67. The van der Waals surface area contributed by atoms with Gasteiger partial charge in [-0.1, -0.05) is 84.9 Å². The number of hydrogen-bond acceptors (Lipinski definition) is 5. The number of ether oxygens (including phenoxy) is 1. The molecule has 1 unspecified atom stereocenters. The van der Waals surface area contributed by atoms with Gasteiger partial charge in [0.15, 0.2) is 6.10 Å². The Morgan fingerprint density at radius 3 is 2.10 bits per heavy atom. The Kier molecular flexibility index (Phi) is 9.31. The van der Waals surface area contributed by atoms with Crippen LogP contribution in [0.5, 0.6) is 5.75 Å². The molecule has 8 nitrogen and oxygen atoms in total. The van der Waals surface area contributed by atoms with Crippen LogP contribution in [0, 0.1) is 0 Å². The number of aryl methyl sites for hydroxylation is 1. The molecule has 216 valence electrons. The minimum Gasteiger partial charge on any atom is -0.477 e. The molecular formula is C33H33N3O5S. The van der Waals surface area contributed by atoms with Gasteiger partial charge in [0.05, 0.1) is 17.1 Å². The second-order valence-electron chi connectivity index (χ2n) is 10.1. The number of anilines is 1. The third kappa shape index (κ3) is 7.43. The molecule has 1 aliphatic rings. The smallest absolute Gasteiger partial charge is 0.262 e. The number of nitrogens with one attached hydrogen (secondary N) is 2. The van der Waals surface area contributed by atoms with Gasteiger partial charge in [0.2, 0.25) is 15.9 Å². The largest absolute Gasteiger partial charge is 0.477 e.